The molecule has 2 fully saturated rings. The van der Waals surface area contributed by atoms with Gasteiger partial charge in [0.2, 0.25) is 10.0 Å². The van der Waals surface area contributed by atoms with E-state index in [1.807, 2.05) is 0 Å². The molecule has 1 amide bonds. The molecule has 10 heteroatoms. The molecular formula is C15H24N6O3S. The van der Waals surface area contributed by atoms with Crippen LogP contribution < -0.4 is 4.90 Å². The van der Waals surface area contributed by atoms with E-state index >= 15 is 0 Å². The molecule has 2 aliphatic rings. The van der Waals surface area contributed by atoms with Gasteiger partial charge in [0, 0.05) is 58.4 Å². The number of hydrogen-bond donors (Lipinski definition) is 0. The summed E-state index contributed by atoms with van der Waals surface area (Å²) in [6.07, 6.45) is 2.62. The summed E-state index contributed by atoms with van der Waals surface area (Å²) in [4.78, 5) is 27.2. The van der Waals surface area contributed by atoms with Crippen molar-refractivity contribution in [2.75, 3.05) is 70.6 Å². The minimum absolute atomic E-state index is 0.175. The third-order valence-corrected chi connectivity index (χ3v) is 6.00. The zero-order chi connectivity index (χ0) is 18.0. The lowest BCUT2D eigenvalue weighted by molar-refractivity contribution is 0.0692. The van der Waals surface area contributed by atoms with Crippen molar-refractivity contribution in [3.63, 3.8) is 0 Å². The van der Waals surface area contributed by atoms with Crippen LogP contribution in [0, 0.1) is 0 Å². The SMILES string of the molecule is CN1CCN(c2cc(C(=O)N3CCN(S(C)(=O)=O)CC3)ncn2)CC1. The van der Waals surface area contributed by atoms with Crippen molar-refractivity contribution in [2.24, 2.45) is 0 Å². The second-order valence-electron chi connectivity index (χ2n) is 6.51. The van der Waals surface area contributed by atoms with Crippen LogP contribution in [0.15, 0.2) is 12.4 Å². The molecule has 0 bridgehead atoms. The minimum Gasteiger partial charge on any atom is -0.354 e. The first-order chi connectivity index (χ1) is 11.8. The van der Waals surface area contributed by atoms with Crippen LogP contribution in [0.3, 0.4) is 0 Å². The number of hydrogen-bond acceptors (Lipinski definition) is 7. The fourth-order valence-electron chi connectivity index (χ4n) is 3.06. The van der Waals surface area contributed by atoms with Crippen LogP contribution in [0.5, 0.6) is 0 Å². The van der Waals surface area contributed by atoms with E-state index in [9.17, 15) is 13.2 Å². The Kier molecular flexibility index (Phi) is 5.21. The van der Waals surface area contributed by atoms with E-state index in [1.165, 1.54) is 16.9 Å². The van der Waals surface area contributed by atoms with Gasteiger partial charge in [-0.2, -0.15) is 4.31 Å². The third kappa shape index (κ3) is 4.25. The van der Waals surface area contributed by atoms with Gasteiger partial charge in [0.1, 0.15) is 17.8 Å². The molecule has 0 radical (unpaired) electrons. The smallest absolute Gasteiger partial charge is 0.272 e. The molecule has 3 rings (SSSR count). The average Bonchev–Trinajstić information content (AvgIpc) is 2.61. The quantitative estimate of drug-likeness (QED) is 0.672. The van der Waals surface area contributed by atoms with Crippen molar-refractivity contribution >= 4 is 21.7 Å². The Hall–Kier alpha value is -1.78. The lowest BCUT2D eigenvalue weighted by Crippen LogP contribution is -2.50. The van der Waals surface area contributed by atoms with Crippen molar-refractivity contribution in [2.45, 2.75) is 0 Å². The number of carbonyl (C=O) groups is 1. The third-order valence-electron chi connectivity index (χ3n) is 4.69. The molecular weight excluding hydrogens is 344 g/mol. The van der Waals surface area contributed by atoms with Gasteiger partial charge in [-0.25, -0.2) is 18.4 Å². The fraction of sp³-hybridized carbons (Fsp3) is 0.667. The van der Waals surface area contributed by atoms with E-state index in [0.29, 0.717) is 31.9 Å². The van der Waals surface area contributed by atoms with Crippen molar-refractivity contribution in [3.8, 4) is 0 Å². The molecule has 2 aliphatic heterocycles. The van der Waals surface area contributed by atoms with Crippen LogP contribution in [0.4, 0.5) is 5.82 Å². The molecule has 1 aromatic rings. The lowest BCUT2D eigenvalue weighted by atomic mass is 10.2. The zero-order valence-corrected chi connectivity index (χ0v) is 15.4. The highest BCUT2D eigenvalue weighted by Gasteiger charge is 2.27. The second kappa shape index (κ2) is 7.22. The van der Waals surface area contributed by atoms with Crippen molar-refractivity contribution in [3.05, 3.63) is 18.1 Å². The van der Waals surface area contributed by atoms with Crippen LogP contribution >= 0.6 is 0 Å². The lowest BCUT2D eigenvalue weighted by Gasteiger charge is -2.34. The standard InChI is InChI=1S/C15H24N6O3S/c1-18-3-5-19(6-4-18)14-11-13(16-12-17-14)15(22)20-7-9-21(10-8-20)25(2,23)24/h11-12H,3-10H2,1-2H3. The number of amides is 1. The zero-order valence-electron chi connectivity index (χ0n) is 14.6. The predicted octanol–water partition coefficient (Wildman–Crippen LogP) is -1.05. The second-order valence-corrected chi connectivity index (χ2v) is 8.49. The van der Waals surface area contributed by atoms with E-state index in [-0.39, 0.29) is 5.91 Å². The van der Waals surface area contributed by atoms with E-state index in [2.05, 4.69) is 26.8 Å². The van der Waals surface area contributed by atoms with Crippen LogP contribution in [0.2, 0.25) is 0 Å². The van der Waals surface area contributed by atoms with E-state index < -0.39 is 10.0 Å². The normalized spacial score (nSPS) is 20.7. The molecule has 3 heterocycles. The van der Waals surface area contributed by atoms with Gasteiger partial charge in [-0.3, -0.25) is 4.79 Å². The summed E-state index contributed by atoms with van der Waals surface area (Å²) in [5, 5.41) is 0. The molecule has 2 saturated heterocycles. The van der Waals surface area contributed by atoms with E-state index in [0.717, 1.165) is 32.0 Å². The van der Waals surface area contributed by atoms with Crippen LogP contribution in [0.25, 0.3) is 0 Å². The van der Waals surface area contributed by atoms with Crippen molar-refractivity contribution in [1.82, 2.24) is 24.1 Å². The Morgan fingerprint density at radius 2 is 1.64 bits per heavy atom. The first kappa shape index (κ1) is 18.0. The van der Waals surface area contributed by atoms with Gasteiger partial charge in [0.25, 0.3) is 5.91 Å². The molecule has 138 valence electrons. The molecule has 0 aliphatic carbocycles. The van der Waals surface area contributed by atoms with Gasteiger partial charge in [0.15, 0.2) is 0 Å². The largest absolute Gasteiger partial charge is 0.354 e. The number of aromatic nitrogens is 2. The monoisotopic (exact) mass is 368 g/mol. The first-order valence-corrected chi connectivity index (χ1v) is 10.2. The fourth-order valence-corrected chi connectivity index (χ4v) is 3.88. The van der Waals surface area contributed by atoms with Crippen molar-refractivity contribution in [1.29, 1.82) is 0 Å². The topological polar surface area (TPSA) is 90.0 Å². The number of piperazine rings is 2. The van der Waals surface area contributed by atoms with Crippen molar-refractivity contribution < 1.29 is 13.2 Å². The molecule has 9 nitrogen and oxygen atoms in total. The highest BCUT2D eigenvalue weighted by atomic mass is 32.2. The first-order valence-electron chi connectivity index (χ1n) is 8.34. The Bertz CT molecular complexity index is 725. The number of nitrogens with zero attached hydrogens (tertiary/aromatic N) is 6. The molecule has 0 unspecified atom stereocenters. The molecule has 25 heavy (non-hydrogen) atoms. The summed E-state index contributed by atoms with van der Waals surface area (Å²) >= 11 is 0. The molecule has 0 aromatic carbocycles. The van der Waals surface area contributed by atoms with E-state index in [4.69, 9.17) is 0 Å². The number of rotatable bonds is 3. The number of carbonyl (C=O) groups excluding carboxylic acids is 1. The molecule has 0 saturated carbocycles. The Balaban J connectivity index is 1.66. The van der Waals surface area contributed by atoms with Crippen LogP contribution in [-0.4, -0.2) is 104 Å². The van der Waals surface area contributed by atoms with Gasteiger partial charge < -0.3 is 14.7 Å². The van der Waals surface area contributed by atoms with Gasteiger partial charge in [-0.05, 0) is 7.05 Å². The Morgan fingerprint density at radius 3 is 2.24 bits per heavy atom. The Labute approximate surface area is 148 Å². The average molecular weight is 368 g/mol. The summed E-state index contributed by atoms with van der Waals surface area (Å²) in [6, 6.07) is 1.73. The summed E-state index contributed by atoms with van der Waals surface area (Å²) in [7, 11) is -1.12. The highest BCUT2D eigenvalue weighted by Crippen LogP contribution is 2.15. The molecule has 0 N–H and O–H groups in total. The molecule has 0 atom stereocenters. The number of anilines is 1. The molecule has 0 spiro atoms. The summed E-state index contributed by atoms with van der Waals surface area (Å²) in [5.74, 6) is 0.590. The summed E-state index contributed by atoms with van der Waals surface area (Å²) in [6.45, 7) is 5.05. The highest BCUT2D eigenvalue weighted by molar-refractivity contribution is 7.88. The Morgan fingerprint density at radius 1 is 1.00 bits per heavy atom. The van der Waals surface area contributed by atoms with Crippen LogP contribution in [0.1, 0.15) is 10.5 Å². The summed E-state index contributed by atoms with van der Waals surface area (Å²) in [5.41, 5.74) is 0.358. The number of sulfonamides is 1. The maximum atomic E-state index is 12.7. The van der Waals surface area contributed by atoms with E-state index in [1.54, 1.807) is 11.0 Å². The van der Waals surface area contributed by atoms with Crippen LogP contribution in [-0.2, 0) is 10.0 Å². The molecule has 1 aromatic heterocycles. The predicted molar refractivity (Wildman–Crippen MR) is 94.1 cm³/mol. The van der Waals surface area contributed by atoms with Gasteiger partial charge in [-0.15, -0.1) is 0 Å². The van der Waals surface area contributed by atoms with Gasteiger partial charge >= 0.3 is 0 Å². The summed E-state index contributed by atoms with van der Waals surface area (Å²) < 4.78 is 24.5. The van der Waals surface area contributed by atoms with Gasteiger partial charge in [-0.1, -0.05) is 0 Å². The maximum Gasteiger partial charge on any atom is 0.272 e. The van der Waals surface area contributed by atoms with Gasteiger partial charge in [0.05, 0.1) is 6.26 Å². The minimum atomic E-state index is -3.21. The maximum absolute atomic E-state index is 12.7. The number of likely N-dealkylation sites (N-methyl/N-ethyl adjacent to an activating group) is 1.